The van der Waals surface area contributed by atoms with Gasteiger partial charge < -0.3 is 20.1 Å². The number of nitrogens with two attached hydrogens (primary N) is 1. The number of ether oxygens (including phenoxy) is 2. The van der Waals surface area contributed by atoms with Gasteiger partial charge in [-0.3, -0.25) is 0 Å². The molecule has 1 aromatic rings. The number of aromatic nitrogens is 2. The number of hydrogen-bond acceptors (Lipinski definition) is 7. The molecule has 1 aromatic heterocycles. The minimum Gasteiger partial charge on any atom is -0.444 e. The lowest BCUT2D eigenvalue weighted by Gasteiger charge is -2.33. The van der Waals surface area contributed by atoms with Gasteiger partial charge in [-0.2, -0.15) is 0 Å². The maximum absolute atomic E-state index is 12.0. The third-order valence-corrected chi connectivity index (χ3v) is 3.29. The van der Waals surface area contributed by atoms with Gasteiger partial charge in [0.25, 0.3) is 0 Å². The zero-order valence-electron chi connectivity index (χ0n) is 11.3. The molecule has 0 spiro atoms. The van der Waals surface area contributed by atoms with Crippen LogP contribution in [-0.2, 0) is 9.47 Å². The van der Waals surface area contributed by atoms with Crippen molar-refractivity contribution in [3.63, 3.8) is 0 Å². The third-order valence-electron chi connectivity index (χ3n) is 2.45. The fraction of sp³-hybridized carbons (Fsp3) is 0.727. The van der Waals surface area contributed by atoms with Crippen molar-refractivity contribution in [1.82, 2.24) is 15.1 Å². The van der Waals surface area contributed by atoms with Gasteiger partial charge in [0.15, 0.2) is 0 Å². The monoisotopic (exact) mass is 286 g/mol. The van der Waals surface area contributed by atoms with Crippen LogP contribution in [0, 0.1) is 0 Å². The first-order valence-electron chi connectivity index (χ1n) is 6.03. The molecule has 0 aliphatic carbocycles. The molecule has 1 saturated heterocycles. The summed E-state index contributed by atoms with van der Waals surface area (Å²) in [6.45, 7) is 6.89. The second kappa shape index (κ2) is 5.30. The van der Waals surface area contributed by atoms with E-state index in [1.807, 2.05) is 20.8 Å². The van der Waals surface area contributed by atoms with Crippen LogP contribution in [0.15, 0.2) is 0 Å². The largest absolute Gasteiger partial charge is 0.444 e. The van der Waals surface area contributed by atoms with Crippen molar-refractivity contribution in [2.24, 2.45) is 0 Å². The third kappa shape index (κ3) is 3.77. The Bertz CT molecular complexity index is 457. The van der Waals surface area contributed by atoms with Crippen LogP contribution in [0.4, 0.5) is 9.93 Å². The molecule has 106 valence electrons. The van der Waals surface area contributed by atoms with Crippen LogP contribution in [0.3, 0.4) is 0 Å². The van der Waals surface area contributed by atoms with E-state index in [0.29, 0.717) is 29.8 Å². The molecule has 0 bridgehead atoms. The van der Waals surface area contributed by atoms with Crippen molar-refractivity contribution in [3.8, 4) is 0 Å². The average Bonchev–Trinajstić information content (AvgIpc) is 2.74. The summed E-state index contributed by atoms with van der Waals surface area (Å²) in [4.78, 5) is 13.6. The van der Waals surface area contributed by atoms with E-state index in [4.69, 9.17) is 15.2 Å². The highest BCUT2D eigenvalue weighted by molar-refractivity contribution is 7.15. The topological polar surface area (TPSA) is 90.6 Å². The maximum Gasteiger partial charge on any atom is 0.410 e. The van der Waals surface area contributed by atoms with Gasteiger partial charge in [0, 0.05) is 6.54 Å². The predicted octanol–water partition coefficient (Wildman–Crippen LogP) is 1.43. The van der Waals surface area contributed by atoms with E-state index in [0.717, 1.165) is 0 Å². The van der Waals surface area contributed by atoms with Crippen molar-refractivity contribution in [2.45, 2.75) is 32.5 Å². The van der Waals surface area contributed by atoms with Crippen LogP contribution in [0.5, 0.6) is 0 Å². The van der Waals surface area contributed by atoms with Gasteiger partial charge in [0.1, 0.15) is 16.7 Å². The standard InChI is InChI=1S/C11H18N4O3S/c1-11(2,3)18-10(16)15-4-5-17-7(6-15)8-13-14-9(12)19-8/h7H,4-6H2,1-3H3,(H2,12,14)/t7-/m0/s1. The molecular weight excluding hydrogens is 268 g/mol. The first kappa shape index (κ1) is 14.0. The van der Waals surface area contributed by atoms with Gasteiger partial charge in [0.05, 0.1) is 13.2 Å². The Labute approximate surface area is 115 Å². The normalized spacial score (nSPS) is 20.4. The van der Waals surface area contributed by atoms with Crippen molar-refractivity contribution in [2.75, 3.05) is 25.4 Å². The molecule has 7 nitrogen and oxygen atoms in total. The Hall–Kier alpha value is -1.41. The number of anilines is 1. The molecule has 1 atom stereocenters. The molecule has 19 heavy (non-hydrogen) atoms. The lowest BCUT2D eigenvalue weighted by Crippen LogP contribution is -2.44. The highest BCUT2D eigenvalue weighted by Crippen LogP contribution is 2.26. The summed E-state index contributed by atoms with van der Waals surface area (Å²) < 4.78 is 10.9. The van der Waals surface area contributed by atoms with Crippen LogP contribution in [0.1, 0.15) is 31.9 Å². The van der Waals surface area contributed by atoms with Gasteiger partial charge in [-0.1, -0.05) is 11.3 Å². The molecular formula is C11H18N4O3S. The number of carbonyl (C=O) groups is 1. The molecule has 0 radical (unpaired) electrons. The average molecular weight is 286 g/mol. The zero-order valence-corrected chi connectivity index (χ0v) is 12.1. The van der Waals surface area contributed by atoms with E-state index in [9.17, 15) is 4.79 Å². The Kier molecular flexibility index (Phi) is 3.91. The molecule has 0 saturated carbocycles. The van der Waals surface area contributed by atoms with E-state index in [-0.39, 0.29) is 12.2 Å². The minimum atomic E-state index is -0.502. The molecule has 0 aromatic carbocycles. The highest BCUT2D eigenvalue weighted by Gasteiger charge is 2.30. The number of morpholine rings is 1. The SMILES string of the molecule is CC(C)(C)OC(=O)N1CCO[C@H](c2nnc(N)s2)C1. The molecule has 1 amide bonds. The zero-order chi connectivity index (χ0) is 14.0. The van der Waals surface area contributed by atoms with Crippen LogP contribution >= 0.6 is 11.3 Å². The Morgan fingerprint density at radius 1 is 1.53 bits per heavy atom. The summed E-state index contributed by atoms with van der Waals surface area (Å²) in [5.41, 5.74) is 5.05. The number of hydrogen-bond donors (Lipinski definition) is 1. The number of amides is 1. The molecule has 2 heterocycles. The number of nitrogens with zero attached hydrogens (tertiary/aromatic N) is 3. The minimum absolute atomic E-state index is 0.281. The number of carbonyl (C=O) groups excluding carboxylic acids is 1. The molecule has 1 aliphatic heterocycles. The predicted molar refractivity (Wildman–Crippen MR) is 70.8 cm³/mol. The van der Waals surface area contributed by atoms with Gasteiger partial charge in [0.2, 0.25) is 5.13 Å². The van der Waals surface area contributed by atoms with Gasteiger partial charge in [-0.15, -0.1) is 10.2 Å². The van der Waals surface area contributed by atoms with E-state index in [1.165, 1.54) is 11.3 Å². The maximum atomic E-state index is 12.0. The van der Waals surface area contributed by atoms with Gasteiger partial charge >= 0.3 is 6.09 Å². The fourth-order valence-electron chi connectivity index (χ4n) is 1.67. The molecule has 1 fully saturated rings. The molecule has 2 N–H and O–H groups in total. The van der Waals surface area contributed by atoms with Crippen molar-refractivity contribution in [1.29, 1.82) is 0 Å². The second-order valence-electron chi connectivity index (χ2n) is 5.26. The van der Waals surface area contributed by atoms with Crippen molar-refractivity contribution in [3.05, 3.63) is 5.01 Å². The lowest BCUT2D eigenvalue weighted by molar-refractivity contribution is -0.0435. The molecule has 8 heteroatoms. The van der Waals surface area contributed by atoms with E-state index >= 15 is 0 Å². The summed E-state index contributed by atoms with van der Waals surface area (Å²) in [7, 11) is 0. The first-order chi connectivity index (χ1) is 8.85. The number of rotatable bonds is 1. The molecule has 2 rings (SSSR count). The van der Waals surface area contributed by atoms with E-state index in [2.05, 4.69) is 10.2 Å². The fourth-order valence-corrected chi connectivity index (χ4v) is 2.32. The Morgan fingerprint density at radius 3 is 2.84 bits per heavy atom. The van der Waals surface area contributed by atoms with Crippen LogP contribution < -0.4 is 5.73 Å². The van der Waals surface area contributed by atoms with Gasteiger partial charge in [-0.05, 0) is 20.8 Å². The van der Waals surface area contributed by atoms with E-state index < -0.39 is 5.60 Å². The molecule has 0 unspecified atom stereocenters. The van der Waals surface area contributed by atoms with Crippen LogP contribution in [-0.4, -0.2) is 46.5 Å². The Morgan fingerprint density at radius 2 is 2.26 bits per heavy atom. The summed E-state index contributed by atoms with van der Waals surface area (Å²) in [6, 6.07) is 0. The molecule has 1 aliphatic rings. The summed E-state index contributed by atoms with van der Waals surface area (Å²) in [5, 5.41) is 8.78. The smallest absolute Gasteiger partial charge is 0.410 e. The Balaban J connectivity index is 1.99. The van der Waals surface area contributed by atoms with Crippen LogP contribution in [0.25, 0.3) is 0 Å². The summed E-state index contributed by atoms with van der Waals surface area (Å²) in [6.07, 6.45) is -0.616. The highest BCUT2D eigenvalue weighted by atomic mass is 32.1. The van der Waals surface area contributed by atoms with E-state index in [1.54, 1.807) is 4.90 Å². The summed E-state index contributed by atoms with van der Waals surface area (Å²) >= 11 is 1.27. The van der Waals surface area contributed by atoms with Crippen molar-refractivity contribution >= 4 is 22.6 Å². The quantitative estimate of drug-likeness (QED) is 0.839. The first-order valence-corrected chi connectivity index (χ1v) is 6.85. The van der Waals surface area contributed by atoms with Crippen molar-refractivity contribution < 1.29 is 14.3 Å². The second-order valence-corrected chi connectivity index (χ2v) is 6.31. The summed E-state index contributed by atoms with van der Waals surface area (Å²) in [5.74, 6) is 0. The van der Waals surface area contributed by atoms with Crippen LogP contribution in [0.2, 0.25) is 0 Å². The lowest BCUT2D eigenvalue weighted by atomic mass is 10.2. The van der Waals surface area contributed by atoms with Gasteiger partial charge in [-0.25, -0.2) is 4.79 Å². The number of nitrogen functional groups attached to an aromatic ring is 1.